The zero-order valence-corrected chi connectivity index (χ0v) is 8.28. The smallest absolute Gasteiger partial charge is 0.0596 e. The summed E-state index contributed by atoms with van der Waals surface area (Å²) < 4.78 is 0. The molecule has 1 nitrogen and oxygen atoms in total. The second-order valence-electron chi connectivity index (χ2n) is 5.52. The second-order valence-corrected chi connectivity index (χ2v) is 5.52. The van der Waals surface area contributed by atoms with Crippen LogP contribution in [0.2, 0.25) is 0 Å². The van der Waals surface area contributed by atoms with Crippen LogP contribution in [0.4, 0.5) is 0 Å². The maximum absolute atomic E-state index is 10.2. The molecule has 74 valence electrons. The van der Waals surface area contributed by atoms with Gasteiger partial charge in [-0.25, -0.2) is 0 Å². The molecule has 3 saturated carbocycles. The molecular weight excluding hydrogens is 160 g/mol. The molecule has 0 radical (unpaired) electrons. The van der Waals surface area contributed by atoms with Gasteiger partial charge in [-0.2, -0.15) is 0 Å². The van der Waals surface area contributed by atoms with Crippen LogP contribution < -0.4 is 0 Å². The molecule has 3 fully saturated rings. The van der Waals surface area contributed by atoms with Gasteiger partial charge in [0.25, 0.3) is 0 Å². The van der Waals surface area contributed by atoms with Crippen LogP contribution in [0.3, 0.4) is 0 Å². The van der Waals surface area contributed by atoms with Crippen molar-refractivity contribution in [3.05, 3.63) is 0 Å². The molecule has 0 aromatic rings. The molecule has 0 spiro atoms. The summed E-state index contributed by atoms with van der Waals surface area (Å²) >= 11 is 0. The maximum Gasteiger partial charge on any atom is 0.0596 e. The first kappa shape index (κ1) is 8.28. The summed E-state index contributed by atoms with van der Waals surface area (Å²) in [6.07, 6.45) is 9.57. The molecule has 3 atom stereocenters. The minimum atomic E-state index is 0.0651. The Bertz CT molecular complexity index is 185. The lowest BCUT2D eigenvalue weighted by Crippen LogP contribution is -2.26. The van der Waals surface area contributed by atoms with Crippen molar-refractivity contribution in [3.63, 3.8) is 0 Å². The lowest BCUT2D eigenvalue weighted by atomic mass is 9.87. The average molecular weight is 180 g/mol. The monoisotopic (exact) mass is 180 g/mol. The van der Waals surface area contributed by atoms with E-state index in [9.17, 15) is 5.11 Å². The molecular formula is C12H20O. The van der Waals surface area contributed by atoms with Gasteiger partial charge in [0.2, 0.25) is 0 Å². The van der Waals surface area contributed by atoms with E-state index in [0.29, 0.717) is 11.8 Å². The fraction of sp³-hybridized carbons (Fsp3) is 1.00. The lowest BCUT2D eigenvalue weighted by molar-refractivity contribution is 0.0499. The highest BCUT2D eigenvalue weighted by Crippen LogP contribution is 2.56. The minimum Gasteiger partial charge on any atom is -0.393 e. The van der Waals surface area contributed by atoms with Crippen LogP contribution in [-0.4, -0.2) is 11.2 Å². The van der Waals surface area contributed by atoms with Crippen molar-refractivity contribution in [2.75, 3.05) is 0 Å². The molecule has 3 aliphatic carbocycles. The number of aliphatic hydroxyl groups excluding tert-OH is 1. The van der Waals surface area contributed by atoms with E-state index < -0.39 is 0 Å². The molecule has 0 amide bonds. The third-order valence-corrected chi connectivity index (χ3v) is 4.65. The van der Waals surface area contributed by atoms with Crippen molar-refractivity contribution in [2.45, 2.75) is 51.0 Å². The summed E-state index contributed by atoms with van der Waals surface area (Å²) in [5, 5.41) is 10.2. The van der Waals surface area contributed by atoms with Gasteiger partial charge >= 0.3 is 0 Å². The van der Waals surface area contributed by atoms with E-state index in [4.69, 9.17) is 0 Å². The number of aliphatic hydroxyl groups is 1. The van der Waals surface area contributed by atoms with Crippen LogP contribution in [0.25, 0.3) is 0 Å². The fourth-order valence-electron chi connectivity index (χ4n) is 3.72. The maximum atomic E-state index is 10.2. The number of rotatable bonds is 2. The average Bonchev–Trinajstić information content (AvgIpc) is 2.63. The van der Waals surface area contributed by atoms with Gasteiger partial charge in [0.05, 0.1) is 6.10 Å². The predicted molar refractivity (Wildman–Crippen MR) is 52.3 cm³/mol. The van der Waals surface area contributed by atoms with Gasteiger partial charge in [0.15, 0.2) is 0 Å². The van der Waals surface area contributed by atoms with Crippen molar-refractivity contribution >= 4 is 0 Å². The van der Waals surface area contributed by atoms with Crippen LogP contribution >= 0.6 is 0 Å². The van der Waals surface area contributed by atoms with E-state index >= 15 is 0 Å². The molecule has 3 unspecified atom stereocenters. The summed E-state index contributed by atoms with van der Waals surface area (Å²) in [4.78, 5) is 0. The molecule has 0 aromatic heterocycles. The summed E-state index contributed by atoms with van der Waals surface area (Å²) in [7, 11) is 0. The molecule has 3 rings (SSSR count). The van der Waals surface area contributed by atoms with Gasteiger partial charge in [0, 0.05) is 0 Å². The van der Waals surface area contributed by atoms with E-state index in [0.717, 1.165) is 11.8 Å². The first-order chi connectivity index (χ1) is 6.34. The Balaban J connectivity index is 1.58. The van der Waals surface area contributed by atoms with Crippen molar-refractivity contribution in [3.8, 4) is 0 Å². The summed E-state index contributed by atoms with van der Waals surface area (Å²) in [5.41, 5.74) is 0. The summed E-state index contributed by atoms with van der Waals surface area (Å²) in [6, 6.07) is 0. The van der Waals surface area contributed by atoms with E-state index in [1.807, 2.05) is 0 Å². The highest BCUT2D eigenvalue weighted by Gasteiger charge is 2.48. The largest absolute Gasteiger partial charge is 0.393 e. The van der Waals surface area contributed by atoms with E-state index in [-0.39, 0.29) is 6.10 Å². The summed E-state index contributed by atoms with van der Waals surface area (Å²) in [5.74, 6) is 3.41. The van der Waals surface area contributed by atoms with Crippen LogP contribution in [0.1, 0.15) is 44.9 Å². The molecule has 0 aromatic carbocycles. The second kappa shape index (κ2) is 2.98. The minimum absolute atomic E-state index is 0.0651. The SMILES string of the molecule is OC(C1CCCC1)C1CC2CC2C1. The topological polar surface area (TPSA) is 20.2 Å². The number of fused-ring (bicyclic) bond motifs is 1. The Kier molecular flexibility index (Phi) is 1.90. The quantitative estimate of drug-likeness (QED) is 0.692. The van der Waals surface area contributed by atoms with Crippen LogP contribution in [0.5, 0.6) is 0 Å². The first-order valence-corrected chi connectivity index (χ1v) is 6.02. The Morgan fingerprint density at radius 1 is 0.846 bits per heavy atom. The highest BCUT2D eigenvalue weighted by atomic mass is 16.3. The van der Waals surface area contributed by atoms with Gasteiger partial charge in [0.1, 0.15) is 0 Å². The van der Waals surface area contributed by atoms with Crippen molar-refractivity contribution in [1.82, 2.24) is 0 Å². The third kappa shape index (κ3) is 1.41. The zero-order chi connectivity index (χ0) is 8.84. The van der Waals surface area contributed by atoms with Crippen molar-refractivity contribution < 1.29 is 5.11 Å². The Morgan fingerprint density at radius 3 is 2.08 bits per heavy atom. The van der Waals surface area contributed by atoms with Gasteiger partial charge in [-0.05, 0) is 55.8 Å². The summed E-state index contributed by atoms with van der Waals surface area (Å²) in [6.45, 7) is 0. The Hall–Kier alpha value is -0.0400. The number of hydrogen-bond donors (Lipinski definition) is 1. The van der Waals surface area contributed by atoms with Gasteiger partial charge < -0.3 is 5.11 Å². The normalized spacial score (nSPS) is 46.4. The van der Waals surface area contributed by atoms with Crippen LogP contribution in [0, 0.1) is 23.7 Å². The van der Waals surface area contributed by atoms with E-state index in [1.165, 1.54) is 44.9 Å². The molecule has 13 heavy (non-hydrogen) atoms. The number of hydrogen-bond acceptors (Lipinski definition) is 1. The van der Waals surface area contributed by atoms with E-state index in [2.05, 4.69) is 0 Å². The van der Waals surface area contributed by atoms with Crippen molar-refractivity contribution in [1.29, 1.82) is 0 Å². The standard InChI is InChI=1S/C12H20O/c13-12(8-3-1-2-4-8)11-6-9-5-10(9)7-11/h8-13H,1-7H2. The molecule has 1 heteroatoms. The molecule has 3 aliphatic rings. The van der Waals surface area contributed by atoms with Crippen molar-refractivity contribution in [2.24, 2.45) is 23.7 Å². The van der Waals surface area contributed by atoms with Gasteiger partial charge in [-0.1, -0.05) is 12.8 Å². The zero-order valence-electron chi connectivity index (χ0n) is 8.28. The molecule has 1 N–H and O–H groups in total. The van der Waals surface area contributed by atoms with Crippen LogP contribution in [0.15, 0.2) is 0 Å². The highest BCUT2D eigenvalue weighted by molar-refractivity contribution is 4.99. The molecule has 0 aliphatic heterocycles. The fourth-order valence-corrected chi connectivity index (χ4v) is 3.72. The molecule has 0 bridgehead atoms. The Labute approximate surface area is 80.5 Å². The van der Waals surface area contributed by atoms with E-state index in [1.54, 1.807) is 0 Å². The first-order valence-electron chi connectivity index (χ1n) is 6.02. The van der Waals surface area contributed by atoms with Gasteiger partial charge in [-0.15, -0.1) is 0 Å². The molecule has 0 heterocycles. The lowest BCUT2D eigenvalue weighted by Gasteiger charge is -2.24. The van der Waals surface area contributed by atoms with Gasteiger partial charge in [-0.3, -0.25) is 0 Å². The predicted octanol–water partition coefficient (Wildman–Crippen LogP) is 2.58. The molecule has 0 saturated heterocycles. The van der Waals surface area contributed by atoms with Crippen LogP contribution in [-0.2, 0) is 0 Å². The third-order valence-electron chi connectivity index (χ3n) is 4.65. The Morgan fingerprint density at radius 2 is 1.46 bits per heavy atom.